The lowest BCUT2D eigenvalue weighted by atomic mass is 9.88. The van der Waals surface area contributed by atoms with E-state index in [1.165, 1.54) is 4.90 Å². The Kier molecular flexibility index (Phi) is 5.79. The van der Waals surface area contributed by atoms with Crippen LogP contribution in [-0.4, -0.2) is 39.8 Å². The van der Waals surface area contributed by atoms with Crippen molar-refractivity contribution >= 4 is 34.4 Å². The third kappa shape index (κ3) is 3.69. The summed E-state index contributed by atoms with van der Waals surface area (Å²) < 4.78 is 0. The number of amides is 4. The van der Waals surface area contributed by atoms with Crippen molar-refractivity contribution in [2.24, 2.45) is 0 Å². The minimum atomic E-state index is -0.675. The molecule has 192 valence electrons. The molecule has 6 rings (SSSR count). The Labute approximate surface area is 221 Å². The topological polar surface area (TPSA) is 85.5 Å². The first-order chi connectivity index (χ1) is 18.4. The molecule has 38 heavy (non-hydrogen) atoms. The fraction of sp³-hybridized carbons (Fsp3) is 0.258. The van der Waals surface area contributed by atoms with Crippen molar-refractivity contribution in [3.05, 3.63) is 101 Å². The molecule has 0 bridgehead atoms. The van der Waals surface area contributed by atoms with Crippen LogP contribution in [0, 0.1) is 6.92 Å². The van der Waals surface area contributed by atoms with Gasteiger partial charge in [0.05, 0.1) is 11.3 Å². The summed E-state index contributed by atoms with van der Waals surface area (Å²) in [4.78, 5) is 47.8. The van der Waals surface area contributed by atoms with E-state index in [1.807, 2.05) is 63.2 Å². The van der Waals surface area contributed by atoms with Crippen LogP contribution in [0.25, 0.3) is 10.9 Å². The highest BCUT2D eigenvalue weighted by Crippen LogP contribution is 2.45. The average Bonchev–Trinajstić information content (AvgIpc) is 3.42. The Morgan fingerprint density at radius 2 is 1.74 bits per heavy atom. The van der Waals surface area contributed by atoms with Gasteiger partial charge >= 0.3 is 6.03 Å². The summed E-state index contributed by atoms with van der Waals surface area (Å²) in [6.07, 6.45) is 1.18. The van der Waals surface area contributed by atoms with E-state index in [0.29, 0.717) is 17.7 Å². The van der Waals surface area contributed by atoms with Gasteiger partial charge in [0.15, 0.2) is 0 Å². The maximum absolute atomic E-state index is 14.2. The fourth-order valence-corrected chi connectivity index (χ4v) is 5.66. The summed E-state index contributed by atoms with van der Waals surface area (Å²) in [6.45, 7) is 5.94. The van der Waals surface area contributed by atoms with Crippen LogP contribution in [-0.2, 0) is 11.2 Å². The van der Waals surface area contributed by atoms with E-state index in [2.05, 4.69) is 16.4 Å². The fourth-order valence-electron chi connectivity index (χ4n) is 5.66. The molecule has 2 aliphatic rings. The molecular weight excluding hydrogens is 476 g/mol. The average molecular weight is 507 g/mol. The molecule has 1 fully saturated rings. The second-order valence-corrected chi connectivity index (χ2v) is 10.3. The lowest BCUT2D eigenvalue weighted by Crippen LogP contribution is -2.44. The van der Waals surface area contributed by atoms with Crippen LogP contribution in [0.4, 0.5) is 10.5 Å². The summed E-state index contributed by atoms with van der Waals surface area (Å²) in [5.41, 5.74) is 5.64. The molecule has 1 aromatic heterocycles. The Hall–Kier alpha value is -4.39. The number of fused-ring (bicyclic) bond motifs is 4. The molecular formula is C31H30N4O3. The van der Waals surface area contributed by atoms with Gasteiger partial charge in [-0.25, -0.2) is 9.69 Å². The number of imide groups is 1. The molecule has 3 atom stereocenters. The summed E-state index contributed by atoms with van der Waals surface area (Å²) in [5, 5.41) is 4.03. The number of aromatic nitrogens is 1. The second kappa shape index (κ2) is 9.17. The molecule has 1 saturated heterocycles. The number of aryl methyl sites for hydroxylation is 1. The highest BCUT2D eigenvalue weighted by Gasteiger charge is 2.53. The van der Waals surface area contributed by atoms with Crippen molar-refractivity contribution in [1.82, 2.24) is 15.2 Å². The smallest absolute Gasteiger partial charge is 0.332 e. The third-order valence-electron chi connectivity index (χ3n) is 7.82. The standard InChI is InChI=1S/C31H30N4O3/c1-4-19(3)32-29(36)22-10-6-8-12-25(22)35-30(37)26-17-23-21-9-5-7-11-24(21)33-27(23)28(34(26)31(35)38)20-15-13-18(2)14-16-20/h5-16,19,26,28,33H,4,17H2,1-3H3,(H,32,36)/t19-,26-,28-/m0/s1. The summed E-state index contributed by atoms with van der Waals surface area (Å²) in [5.74, 6) is -0.612. The number of urea groups is 1. The molecule has 2 aliphatic heterocycles. The number of rotatable bonds is 5. The number of nitrogens with one attached hydrogen (secondary N) is 2. The number of nitrogens with zero attached hydrogens (tertiary/aromatic N) is 2. The highest BCUT2D eigenvalue weighted by molar-refractivity contribution is 6.24. The summed E-state index contributed by atoms with van der Waals surface area (Å²) in [6, 6.07) is 21.4. The molecule has 0 unspecified atom stereocenters. The van der Waals surface area contributed by atoms with Crippen LogP contribution < -0.4 is 10.2 Å². The number of carbonyl (C=O) groups is 3. The summed E-state index contributed by atoms with van der Waals surface area (Å²) in [7, 11) is 0. The third-order valence-corrected chi connectivity index (χ3v) is 7.82. The van der Waals surface area contributed by atoms with Gasteiger partial charge in [0, 0.05) is 29.1 Å². The number of carbonyl (C=O) groups excluding carboxylic acids is 3. The van der Waals surface area contributed by atoms with E-state index in [1.54, 1.807) is 29.2 Å². The largest absolute Gasteiger partial charge is 0.356 e. The zero-order chi connectivity index (χ0) is 26.6. The van der Waals surface area contributed by atoms with Gasteiger partial charge in [0.1, 0.15) is 12.1 Å². The molecule has 0 aliphatic carbocycles. The Morgan fingerprint density at radius 1 is 1.03 bits per heavy atom. The van der Waals surface area contributed by atoms with Crippen molar-refractivity contribution in [3.8, 4) is 0 Å². The molecule has 3 aromatic carbocycles. The van der Waals surface area contributed by atoms with E-state index in [4.69, 9.17) is 0 Å². The van der Waals surface area contributed by atoms with Gasteiger partial charge < -0.3 is 10.3 Å². The lowest BCUT2D eigenvalue weighted by Gasteiger charge is -2.36. The zero-order valence-corrected chi connectivity index (χ0v) is 21.7. The van der Waals surface area contributed by atoms with Gasteiger partial charge in [0.25, 0.3) is 11.8 Å². The number of benzene rings is 3. The van der Waals surface area contributed by atoms with Crippen LogP contribution in [0.15, 0.2) is 72.8 Å². The van der Waals surface area contributed by atoms with Gasteiger partial charge in [-0.15, -0.1) is 0 Å². The van der Waals surface area contributed by atoms with Crippen molar-refractivity contribution in [2.75, 3.05) is 4.90 Å². The maximum atomic E-state index is 14.2. The minimum Gasteiger partial charge on any atom is -0.356 e. The molecule has 0 spiro atoms. The van der Waals surface area contributed by atoms with Crippen molar-refractivity contribution in [3.63, 3.8) is 0 Å². The molecule has 7 heteroatoms. The number of aromatic amines is 1. The first-order valence-electron chi connectivity index (χ1n) is 13.1. The predicted octanol–water partition coefficient (Wildman–Crippen LogP) is 5.49. The first-order valence-corrected chi connectivity index (χ1v) is 13.1. The van der Waals surface area contributed by atoms with E-state index >= 15 is 0 Å². The van der Waals surface area contributed by atoms with Crippen molar-refractivity contribution in [1.29, 1.82) is 0 Å². The van der Waals surface area contributed by atoms with Gasteiger partial charge in [-0.05, 0) is 49.6 Å². The number of hydrogen-bond donors (Lipinski definition) is 2. The van der Waals surface area contributed by atoms with E-state index in [-0.39, 0.29) is 17.9 Å². The zero-order valence-electron chi connectivity index (χ0n) is 21.7. The Bertz CT molecular complexity index is 1570. The molecule has 2 N–H and O–H groups in total. The molecule has 7 nitrogen and oxygen atoms in total. The molecule has 4 aromatic rings. The molecule has 0 radical (unpaired) electrons. The second-order valence-electron chi connectivity index (χ2n) is 10.3. The van der Waals surface area contributed by atoms with Gasteiger partial charge in [-0.3, -0.25) is 14.5 Å². The van der Waals surface area contributed by atoms with E-state index in [0.717, 1.165) is 39.7 Å². The van der Waals surface area contributed by atoms with Crippen LogP contribution >= 0.6 is 0 Å². The van der Waals surface area contributed by atoms with Crippen LogP contribution in [0.5, 0.6) is 0 Å². The predicted molar refractivity (Wildman–Crippen MR) is 147 cm³/mol. The van der Waals surface area contributed by atoms with Gasteiger partial charge in [0.2, 0.25) is 0 Å². The highest BCUT2D eigenvalue weighted by atomic mass is 16.2. The van der Waals surface area contributed by atoms with E-state index < -0.39 is 18.1 Å². The van der Waals surface area contributed by atoms with Gasteiger partial charge in [-0.2, -0.15) is 0 Å². The number of H-pyrrole nitrogens is 1. The molecule has 4 amide bonds. The number of para-hydroxylation sites is 2. The SMILES string of the molecule is CC[C@H](C)NC(=O)c1ccccc1N1C(=O)[C@@H]2Cc3c([nH]c4ccccc34)[C@H](c3ccc(C)cc3)N2C1=O. The summed E-state index contributed by atoms with van der Waals surface area (Å²) >= 11 is 0. The van der Waals surface area contributed by atoms with Crippen LogP contribution in [0.2, 0.25) is 0 Å². The number of anilines is 1. The van der Waals surface area contributed by atoms with E-state index in [9.17, 15) is 14.4 Å². The first kappa shape index (κ1) is 24.0. The minimum absolute atomic E-state index is 0.0314. The molecule has 0 saturated carbocycles. The van der Waals surface area contributed by atoms with Crippen LogP contribution in [0.3, 0.4) is 0 Å². The number of hydrogen-bond acceptors (Lipinski definition) is 3. The maximum Gasteiger partial charge on any atom is 0.332 e. The Balaban J connectivity index is 1.48. The van der Waals surface area contributed by atoms with Crippen LogP contribution in [0.1, 0.15) is 59.1 Å². The van der Waals surface area contributed by atoms with Crippen molar-refractivity contribution < 1.29 is 14.4 Å². The Morgan fingerprint density at radius 3 is 2.50 bits per heavy atom. The normalized spacial score (nSPS) is 19.4. The quantitative estimate of drug-likeness (QED) is 0.351. The monoisotopic (exact) mass is 506 g/mol. The van der Waals surface area contributed by atoms with Gasteiger partial charge in [-0.1, -0.05) is 67.1 Å². The van der Waals surface area contributed by atoms with Crippen molar-refractivity contribution in [2.45, 2.75) is 51.7 Å². The lowest BCUT2D eigenvalue weighted by molar-refractivity contribution is -0.120. The molecule has 3 heterocycles.